The molecule has 4 aromatic carbocycles. The zero-order valence-corrected chi connectivity index (χ0v) is 28.4. The van der Waals surface area contributed by atoms with E-state index in [4.69, 9.17) is 28.4 Å². The molecule has 0 aliphatic rings. The van der Waals surface area contributed by atoms with Gasteiger partial charge in [0.25, 0.3) is 0 Å². The third-order valence-electron chi connectivity index (χ3n) is 7.73. The Hall–Kier alpha value is -6.23. The van der Waals surface area contributed by atoms with Crippen LogP contribution < -0.4 is 28.4 Å². The molecule has 2 amide bonds. The quantitative estimate of drug-likeness (QED) is 0.118. The molecule has 0 aliphatic heterocycles. The Morgan fingerprint density at radius 1 is 0.440 bits per heavy atom. The zero-order chi connectivity index (χ0) is 35.3. The fourth-order valence-electron chi connectivity index (χ4n) is 4.99. The Labute approximate surface area is 291 Å². The largest absolute Gasteiger partial charge is 0.497 e. The van der Waals surface area contributed by atoms with E-state index in [0.29, 0.717) is 23.0 Å². The van der Waals surface area contributed by atoms with Crippen molar-refractivity contribution < 1.29 is 38.0 Å². The highest BCUT2D eigenvalue weighted by Gasteiger charge is 2.21. The van der Waals surface area contributed by atoms with Crippen LogP contribution in [0.15, 0.2) is 115 Å². The minimum atomic E-state index is -0.631. The molecule has 5 aromatic rings. The number of carbonyl (C=O) groups excluding carboxylic acids is 2. The number of nitrogens with zero attached hydrogens (tertiary/aromatic N) is 3. The van der Waals surface area contributed by atoms with Gasteiger partial charge in [0.05, 0.1) is 28.4 Å². The maximum atomic E-state index is 13.6. The van der Waals surface area contributed by atoms with Crippen molar-refractivity contribution in [2.45, 2.75) is 26.2 Å². The molecular weight excluding hydrogens is 638 g/mol. The van der Waals surface area contributed by atoms with Crippen molar-refractivity contribution in [3.05, 3.63) is 138 Å². The monoisotopic (exact) mass is 677 g/mol. The molecule has 0 bridgehead atoms. The van der Waals surface area contributed by atoms with Crippen LogP contribution >= 0.6 is 0 Å². The number of carbonyl (C=O) groups is 2. The van der Waals surface area contributed by atoms with E-state index in [1.54, 1.807) is 44.3 Å². The fourth-order valence-corrected chi connectivity index (χ4v) is 4.99. The van der Waals surface area contributed by atoms with Gasteiger partial charge >= 0.3 is 12.2 Å². The molecule has 11 heteroatoms. The normalized spacial score (nSPS) is 10.5. The minimum absolute atomic E-state index is 0.0216. The van der Waals surface area contributed by atoms with Crippen LogP contribution in [0.2, 0.25) is 0 Å². The molecule has 1 heterocycles. The third-order valence-corrected chi connectivity index (χ3v) is 7.73. The van der Waals surface area contributed by atoms with E-state index in [1.165, 1.54) is 12.1 Å². The summed E-state index contributed by atoms with van der Waals surface area (Å²) in [5, 5.41) is 0. The lowest BCUT2D eigenvalue weighted by atomic mass is 10.1. The summed E-state index contributed by atoms with van der Waals surface area (Å²) >= 11 is 0. The minimum Gasteiger partial charge on any atom is -0.497 e. The van der Waals surface area contributed by atoms with E-state index in [9.17, 15) is 9.59 Å². The van der Waals surface area contributed by atoms with Crippen molar-refractivity contribution >= 4 is 12.2 Å². The van der Waals surface area contributed by atoms with Crippen LogP contribution in [0.25, 0.3) is 0 Å². The molecule has 0 saturated carbocycles. The molecule has 11 nitrogen and oxygen atoms in total. The molecular formula is C39H39N3O8. The molecule has 0 fully saturated rings. The summed E-state index contributed by atoms with van der Waals surface area (Å²) in [6.45, 7) is 1.04. The van der Waals surface area contributed by atoms with Gasteiger partial charge in [0.2, 0.25) is 11.8 Å². The first kappa shape index (κ1) is 35.1. The molecule has 5 rings (SSSR count). The van der Waals surface area contributed by atoms with Gasteiger partial charge < -0.3 is 28.4 Å². The Bertz CT molecular complexity index is 1600. The predicted octanol–water partition coefficient (Wildman–Crippen LogP) is 7.52. The molecule has 0 spiro atoms. The highest BCUT2D eigenvalue weighted by Crippen LogP contribution is 2.22. The number of aromatic nitrogens is 1. The highest BCUT2D eigenvalue weighted by atomic mass is 16.6. The smallest absolute Gasteiger partial charge is 0.417 e. The van der Waals surface area contributed by atoms with Gasteiger partial charge in [-0.3, -0.25) is 9.80 Å². The van der Waals surface area contributed by atoms with Gasteiger partial charge in [-0.25, -0.2) is 9.59 Å². The van der Waals surface area contributed by atoms with E-state index in [1.807, 2.05) is 97.1 Å². The Kier molecular flexibility index (Phi) is 12.1. The second-order valence-electron chi connectivity index (χ2n) is 11.2. The van der Waals surface area contributed by atoms with Gasteiger partial charge in [-0.15, -0.1) is 0 Å². The molecule has 1 aromatic heterocycles. The highest BCUT2D eigenvalue weighted by molar-refractivity contribution is 5.71. The summed E-state index contributed by atoms with van der Waals surface area (Å²) in [5.41, 5.74) is 3.50. The van der Waals surface area contributed by atoms with Crippen LogP contribution in [0.1, 0.15) is 22.3 Å². The Morgan fingerprint density at radius 3 is 0.940 bits per heavy atom. The molecule has 0 radical (unpaired) electrons. The van der Waals surface area contributed by atoms with Crippen LogP contribution in [0, 0.1) is 0 Å². The number of pyridine rings is 1. The van der Waals surface area contributed by atoms with Crippen molar-refractivity contribution in [3.63, 3.8) is 0 Å². The van der Waals surface area contributed by atoms with Crippen LogP contribution in [0.5, 0.6) is 34.8 Å². The molecule has 0 N–H and O–H groups in total. The molecule has 0 unspecified atom stereocenters. The summed E-state index contributed by atoms with van der Waals surface area (Å²) in [6, 6.07) is 34.4. The van der Waals surface area contributed by atoms with Crippen LogP contribution in [0.3, 0.4) is 0 Å². The Morgan fingerprint density at radius 2 is 0.700 bits per heavy atom. The van der Waals surface area contributed by atoms with Crippen LogP contribution in [0.4, 0.5) is 9.59 Å². The average molecular weight is 678 g/mol. The summed E-state index contributed by atoms with van der Waals surface area (Å²) in [4.78, 5) is 34.6. The molecule has 0 saturated heterocycles. The first-order chi connectivity index (χ1) is 24.3. The maximum Gasteiger partial charge on any atom is 0.417 e. The van der Waals surface area contributed by atoms with Crippen molar-refractivity contribution in [3.8, 4) is 34.8 Å². The summed E-state index contributed by atoms with van der Waals surface area (Å²) in [6.07, 6.45) is -1.26. The topological polar surface area (TPSA) is 109 Å². The summed E-state index contributed by atoms with van der Waals surface area (Å²) < 4.78 is 32.5. The zero-order valence-electron chi connectivity index (χ0n) is 28.4. The number of amides is 2. The van der Waals surface area contributed by atoms with Crippen molar-refractivity contribution in [2.24, 2.45) is 0 Å². The second-order valence-corrected chi connectivity index (χ2v) is 11.2. The van der Waals surface area contributed by atoms with Gasteiger partial charge in [0.1, 0.15) is 23.0 Å². The van der Waals surface area contributed by atoms with E-state index in [-0.39, 0.29) is 37.9 Å². The lowest BCUT2D eigenvalue weighted by Crippen LogP contribution is -2.33. The van der Waals surface area contributed by atoms with Crippen molar-refractivity contribution in [1.29, 1.82) is 0 Å². The predicted molar refractivity (Wildman–Crippen MR) is 187 cm³/mol. The average Bonchev–Trinajstić information content (AvgIpc) is 3.15. The second kappa shape index (κ2) is 17.3. The van der Waals surface area contributed by atoms with Crippen LogP contribution in [-0.4, -0.2) is 55.4 Å². The lowest BCUT2D eigenvalue weighted by molar-refractivity contribution is 0.141. The maximum absolute atomic E-state index is 13.6. The number of benzene rings is 4. The van der Waals surface area contributed by atoms with Gasteiger partial charge in [0, 0.05) is 38.3 Å². The number of ether oxygens (including phenoxy) is 6. The first-order valence-corrected chi connectivity index (χ1v) is 15.8. The number of methoxy groups -OCH3 is 4. The van der Waals surface area contributed by atoms with Crippen molar-refractivity contribution in [2.75, 3.05) is 28.4 Å². The summed E-state index contributed by atoms with van der Waals surface area (Å²) in [5.74, 6) is 2.79. The number of hydrogen-bond donors (Lipinski definition) is 0. The lowest BCUT2D eigenvalue weighted by Gasteiger charge is -2.23. The van der Waals surface area contributed by atoms with Gasteiger partial charge in [0.15, 0.2) is 0 Å². The fraction of sp³-hybridized carbons (Fsp3) is 0.205. The Balaban J connectivity index is 1.31. The summed E-state index contributed by atoms with van der Waals surface area (Å²) in [7, 11) is 6.39. The van der Waals surface area contributed by atoms with Crippen LogP contribution in [-0.2, 0) is 26.2 Å². The van der Waals surface area contributed by atoms with Gasteiger partial charge in [-0.2, -0.15) is 4.98 Å². The van der Waals surface area contributed by atoms with E-state index in [2.05, 4.69) is 4.98 Å². The molecule has 50 heavy (non-hydrogen) atoms. The van der Waals surface area contributed by atoms with E-state index >= 15 is 0 Å². The first-order valence-electron chi connectivity index (χ1n) is 15.8. The molecule has 258 valence electrons. The van der Waals surface area contributed by atoms with Gasteiger partial charge in [-0.1, -0.05) is 54.6 Å². The third kappa shape index (κ3) is 9.89. The van der Waals surface area contributed by atoms with E-state index in [0.717, 1.165) is 22.3 Å². The SMILES string of the molecule is COc1ccc(CN(Cc2ccc(OC)cc2)C(=O)Oc2cccc(OC(=O)N(Cc3ccc(OC)cc3)Cc3ccc(OC)cc3)n2)cc1. The molecule has 0 atom stereocenters. The van der Waals surface area contributed by atoms with E-state index < -0.39 is 12.2 Å². The standard InChI is InChI=1S/C39H39N3O8/c1-45-32-16-8-28(9-17-32)24-41(25-29-10-18-33(46-2)19-11-29)38(43)49-36-6-5-7-37(40-36)50-39(44)42(26-30-12-20-34(47-3)21-13-30)27-31-14-22-35(48-4)23-15-31/h5-23H,24-27H2,1-4H3. The number of hydrogen-bond acceptors (Lipinski definition) is 9. The van der Waals surface area contributed by atoms with Crippen molar-refractivity contribution in [1.82, 2.24) is 14.8 Å². The van der Waals surface area contributed by atoms with Gasteiger partial charge in [-0.05, 0) is 70.8 Å². The molecule has 0 aliphatic carbocycles. The number of rotatable bonds is 14.